The molecule has 1 aliphatic carbocycles. The van der Waals surface area contributed by atoms with Gasteiger partial charge in [0.2, 0.25) is 0 Å². The molecule has 0 aromatic heterocycles. The highest BCUT2D eigenvalue weighted by atomic mass is 16.4. The number of carbonyl (C=O) groups excluding carboxylic acids is 1. The number of aliphatic carboxylic acids is 1. The fourth-order valence-corrected chi connectivity index (χ4v) is 3.66. The normalized spacial score (nSPS) is 24.9. The molecule has 0 bridgehead atoms. The summed E-state index contributed by atoms with van der Waals surface area (Å²) < 4.78 is 0. The Kier molecular flexibility index (Phi) is 9.11. The molecule has 2 rings (SSSR count). The van der Waals surface area contributed by atoms with Crippen molar-refractivity contribution in [2.24, 2.45) is 11.8 Å². The summed E-state index contributed by atoms with van der Waals surface area (Å²) in [5, 5.41) is 29.1. The van der Waals surface area contributed by atoms with Gasteiger partial charge in [0.15, 0.2) is 5.78 Å². The molecule has 28 heavy (non-hydrogen) atoms. The fourth-order valence-electron chi connectivity index (χ4n) is 3.66. The number of unbranched alkanes of at least 4 members (excludes halogenated alkanes) is 1. The molecule has 0 saturated heterocycles. The highest BCUT2D eigenvalue weighted by Crippen LogP contribution is 2.36. The Labute approximate surface area is 166 Å². The van der Waals surface area contributed by atoms with Crippen LogP contribution < -0.4 is 0 Å². The van der Waals surface area contributed by atoms with Crippen LogP contribution in [0.25, 0.3) is 0 Å². The van der Waals surface area contributed by atoms with E-state index in [0.29, 0.717) is 38.5 Å². The number of benzene rings is 1. The zero-order chi connectivity index (χ0) is 20.4. The van der Waals surface area contributed by atoms with Crippen LogP contribution in [-0.2, 0) is 16.0 Å². The molecule has 1 saturated carbocycles. The van der Waals surface area contributed by atoms with Crippen molar-refractivity contribution in [3.63, 3.8) is 0 Å². The maximum atomic E-state index is 12.2. The Bertz CT molecular complexity index is 679. The number of aliphatic hydroxyl groups excluding tert-OH is 2. The SMILES string of the molecule is O=C(O)CCC/C=C/C[C@@H]1[C@@H](/C=C/C(=O)CCc2ccccc2)[C@H](O)C[C@@H]1O. The highest BCUT2D eigenvalue weighted by molar-refractivity contribution is 5.89. The Balaban J connectivity index is 1.83. The number of hydrogen-bond acceptors (Lipinski definition) is 4. The second-order valence-corrected chi connectivity index (χ2v) is 7.42. The molecule has 0 heterocycles. The van der Waals surface area contributed by atoms with Crippen molar-refractivity contribution in [1.29, 1.82) is 0 Å². The average molecular weight is 386 g/mol. The van der Waals surface area contributed by atoms with E-state index in [1.807, 2.05) is 42.5 Å². The lowest BCUT2D eigenvalue weighted by atomic mass is 9.89. The van der Waals surface area contributed by atoms with Gasteiger partial charge in [0.1, 0.15) is 0 Å². The third-order valence-corrected chi connectivity index (χ3v) is 5.26. The van der Waals surface area contributed by atoms with Gasteiger partial charge >= 0.3 is 5.97 Å². The minimum Gasteiger partial charge on any atom is -0.481 e. The smallest absolute Gasteiger partial charge is 0.303 e. The zero-order valence-corrected chi connectivity index (χ0v) is 16.1. The standard InChI is InChI=1S/C23H30O5/c24-18(13-12-17-8-4-3-5-9-17)14-15-20-19(21(25)16-22(20)26)10-6-1-2-7-11-23(27)28/h1,3-6,8-9,14-15,19-22,25-26H,2,7,10-13,16H2,(H,27,28)/b6-1+,15-14+/t19-,20-,21+,22-/m1/s1. The van der Waals surface area contributed by atoms with Crippen molar-refractivity contribution in [3.8, 4) is 0 Å². The minimum atomic E-state index is -0.801. The first-order chi connectivity index (χ1) is 13.5. The number of ketones is 1. The molecular formula is C23H30O5. The van der Waals surface area contributed by atoms with Crippen LogP contribution in [0, 0.1) is 11.8 Å². The van der Waals surface area contributed by atoms with Gasteiger partial charge < -0.3 is 15.3 Å². The van der Waals surface area contributed by atoms with Crippen LogP contribution in [0.5, 0.6) is 0 Å². The second-order valence-electron chi connectivity index (χ2n) is 7.42. The van der Waals surface area contributed by atoms with Crippen molar-refractivity contribution >= 4 is 11.8 Å². The number of aryl methyl sites for hydroxylation is 1. The average Bonchev–Trinajstić information content (AvgIpc) is 2.94. The summed E-state index contributed by atoms with van der Waals surface area (Å²) >= 11 is 0. The lowest BCUT2D eigenvalue weighted by Gasteiger charge is -2.19. The van der Waals surface area contributed by atoms with E-state index in [4.69, 9.17) is 5.11 Å². The molecule has 3 N–H and O–H groups in total. The maximum Gasteiger partial charge on any atom is 0.303 e. The molecule has 152 valence electrons. The topological polar surface area (TPSA) is 94.8 Å². The molecular weight excluding hydrogens is 356 g/mol. The van der Waals surface area contributed by atoms with Crippen molar-refractivity contribution in [2.45, 2.75) is 57.2 Å². The van der Waals surface area contributed by atoms with Gasteiger partial charge in [0.25, 0.3) is 0 Å². The van der Waals surface area contributed by atoms with E-state index >= 15 is 0 Å². The fraction of sp³-hybridized carbons (Fsp3) is 0.478. The monoisotopic (exact) mass is 386 g/mol. The number of hydrogen-bond donors (Lipinski definition) is 3. The molecule has 4 atom stereocenters. The van der Waals surface area contributed by atoms with Crippen LogP contribution >= 0.6 is 0 Å². The summed E-state index contributed by atoms with van der Waals surface area (Å²) in [6.45, 7) is 0. The quantitative estimate of drug-likeness (QED) is 0.308. The summed E-state index contributed by atoms with van der Waals surface area (Å²) in [6.07, 6.45) is 9.30. The lowest BCUT2D eigenvalue weighted by molar-refractivity contribution is -0.137. The van der Waals surface area contributed by atoms with E-state index in [2.05, 4.69) is 0 Å². The van der Waals surface area contributed by atoms with Crippen LogP contribution in [0.15, 0.2) is 54.6 Å². The van der Waals surface area contributed by atoms with Gasteiger partial charge in [-0.05, 0) is 43.2 Å². The molecule has 0 amide bonds. The van der Waals surface area contributed by atoms with E-state index in [1.165, 1.54) is 0 Å². The van der Waals surface area contributed by atoms with E-state index in [0.717, 1.165) is 5.56 Å². The lowest BCUT2D eigenvalue weighted by Crippen LogP contribution is -2.20. The third-order valence-electron chi connectivity index (χ3n) is 5.26. The Hall–Kier alpha value is -2.24. The molecule has 1 fully saturated rings. The van der Waals surface area contributed by atoms with Crippen LogP contribution in [0.2, 0.25) is 0 Å². The van der Waals surface area contributed by atoms with E-state index in [9.17, 15) is 19.8 Å². The highest BCUT2D eigenvalue weighted by Gasteiger charge is 2.39. The summed E-state index contributed by atoms with van der Waals surface area (Å²) in [5.74, 6) is -1.17. The van der Waals surface area contributed by atoms with Crippen LogP contribution in [0.3, 0.4) is 0 Å². The first-order valence-electron chi connectivity index (χ1n) is 9.95. The predicted octanol–water partition coefficient (Wildman–Crippen LogP) is 3.30. The van der Waals surface area contributed by atoms with Crippen LogP contribution in [0.4, 0.5) is 0 Å². The van der Waals surface area contributed by atoms with Gasteiger partial charge in [-0.25, -0.2) is 0 Å². The molecule has 0 unspecified atom stereocenters. The number of carboxylic acid groups (broad SMARTS) is 1. The Morgan fingerprint density at radius 1 is 1.04 bits per heavy atom. The summed E-state index contributed by atoms with van der Waals surface area (Å²) in [7, 11) is 0. The molecule has 0 aliphatic heterocycles. The van der Waals surface area contributed by atoms with Gasteiger partial charge in [-0.1, -0.05) is 48.6 Å². The van der Waals surface area contributed by atoms with Crippen molar-refractivity contribution in [2.75, 3.05) is 0 Å². The molecule has 1 aromatic carbocycles. The van der Waals surface area contributed by atoms with Gasteiger partial charge in [-0.15, -0.1) is 0 Å². The summed E-state index contributed by atoms with van der Waals surface area (Å²) in [6, 6.07) is 9.83. The Morgan fingerprint density at radius 3 is 2.50 bits per heavy atom. The third kappa shape index (κ3) is 7.41. The largest absolute Gasteiger partial charge is 0.481 e. The van der Waals surface area contributed by atoms with E-state index in [1.54, 1.807) is 12.2 Å². The first kappa shape index (κ1) is 22.1. The van der Waals surface area contributed by atoms with Crippen LogP contribution in [-0.4, -0.2) is 39.3 Å². The summed E-state index contributed by atoms with van der Waals surface area (Å²) in [4.78, 5) is 22.7. The van der Waals surface area contributed by atoms with Gasteiger partial charge in [0.05, 0.1) is 12.2 Å². The molecule has 0 spiro atoms. The summed E-state index contributed by atoms with van der Waals surface area (Å²) in [5.41, 5.74) is 1.12. The van der Waals surface area contributed by atoms with Crippen LogP contribution in [0.1, 0.15) is 44.1 Å². The number of allylic oxidation sites excluding steroid dienone is 3. The van der Waals surface area contributed by atoms with Gasteiger partial charge in [0, 0.05) is 25.2 Å². The van der Waals surface area contributed by atoms with Crippen molar-refractivity contribution < 1.29 is 24.9 Å². The molecule has 5 nitrogen and oxygen atoms in total. The molecule has 1 aliphatic rings. The van der Waals surface area contributed by atoms with Gasteiger partial charge in [-0.3, -0.25) is 9.59 Å². The molecule has 1 aromatic rings. The second kappa shape index (κ2) is 11.6. The maximum absolute atomic E-state index is 12.2. The van der Waals surface area contributed by atoms with Gasteiger partial charge in [-0.2, -0.15) is 0 Å². The van der Waals surface area contributed by atoms with E-state index < -0.39 is 18.2 Å². The van der Waals surface area contributed by atoms with Crippen molar-refractivity contribution in [3.05, 3.63) is 60.2 Å². The number of rotatable bonds is 11. The zero-order valence-electron chi connectivity index (χ0n) is 16.1. The molecule has 0 radical (unpaired) electrons. The predicted molar refractivity (Wildman–Crippen MR) is 108 cm³/mol. The van der Waals surface area contributed by atoms with E-state index in [-0.39, 0.29) is 24.0 Å². The first-order valence-corrected chi connectivity index (χ1v) is 9.95. The van der Waals surface area contributed by atoms with Crippen molar-refractivity contribution in [1.82, 2.24) is 0 Å². The Morgan fingerprint density at radius 2 is 1.79 bits per heavy atom. The number of carboxylic acids is 1. The number of aliphatic hydroxyl groups is 2. The number of carbonyl (C=O) groups is 2. The molecule has 5 heteroatoms. The minimum absolute atomic E-state index is 0.0143.